The molecule has 138 valence electrons. The van der Waals surface area contributed by atoms with Crippen molar-refractivity contribution in [1.82, 2.24) is 5.01 Å². The Bertz CT molecular complexity index is 970. The number of rotatable bonds is 5. The van der Waals surface area contributed by atoms with Gasteiger partial charge in [-0.25, -0.2) is 9.40 Å². The number of amides is 1. The summed E-state index contributed by atoms with van der Waals surface area (Å²) >= 11 is 3.21. The molecule has 4 rings (SSSR count). The smallest absolute Gasteiger partial charge is 0.281 e. The van der Waals surface area contributed by atoms with Gasteiger partial charge in [-0.05, 0) is 58.4 Å². The minimum absolute atomic E-state index is 0.254. The highest BCUT2D eigenvalue weighted by molar-refractivity contribution is 9.10. The van der Waals surface area contributed by atoms with Crippen molar-refractivity contribution in [2.24, 2.45) is 5.10 Å². The van der Waals surface area contributed by atoms with Crippen molar-refractivity contribution < 1.29 is 22.8 Å². The van der Waals surface area contributed by atoms with Crippen LogP contribution in [-0.4, -0.2) is 23.2 Å². The minimum atomic E-state index is -0.398. The molecule has 6 nitrogen and oxygen atoms in total. The summed E-state index contributed by atoms with van der Waals surface area (Å²) in [6.07, 6.45) is 3.57. The van der Waals surface area contributed by atoms with Crippen molar-refractivity contribution >= 4 is 27.5 Å². The summed E-state index contributed by atoms with van der Waals surface area (Å²) in [4.78, 5) is 12.7. The molecule has 8 heteroatoms. The van der Waals surface area contributed by atoms with E-state index in [0.717, 1.165) is 0 Å². The maximum atomic E-state index is 13.2. The Kier molecular flexibility index (Phi) is 4.81. The average molecular weight is 433 g/mol. The molecule has 2 aromatic heterocycles. The van der Waals surface area contributed by atoms with E-state index in [2.05, 4.69) is 21.0 Å². The summed E-state index contributed by atoms with van der Waals surface area (Å²) in [5.74, 6) is 0.842. The van der Waals surface area contributed by atoms with Gasteiger partial charge < -0.3 is 13.6 Å². The van der Waals surface area contributed by atoms with Gasteiger partial charge in [-0.1, -0.05) is 0 Å². The maximum absolute atomic E-state index is 13.2. The Labute approximate surface area is 162 Å². The van der Waals surface area contributed by atoms with E-state index in [-0.39, 0.29) is 18.6 Å². The van der Waals surface area contributed by atoms with E-state index < -0.39 is 5.82 Å². The number of carbonyl (C=O) groups is 1. The maximum Gasteiger partial charge on any atom is 0.281 e. The van der Waals surface area contributed by atoms with E-state index in [9.17, 15) is 9.18 Å². The first-order valence-corrected chi connectivity index (χ1v) is 8.96. The summed E-state index contributed by atoms with van der Waals surface area (Å²) < 4.78 is 30.0. The fraction of sp³-hybridized carbons (Fsp3) is 0.158. The van der Waals surface area contributed by atoms with Gasteiger partial charge in [-0.2, -0.15) is 5.10 Å². The third kappa shape index (κ3) is 3.66. The van der Waals surface area contributed by atoms with Crippen LogP contribution in [0.5, 0.6) is 5.75 Å². The summed E-state index contributed by atoms with van der Waals surface area (Å²) in [6, 6.07) is 10.7. The molecule has 0 radical (unpaired) electrons. The largest absolute Gasteiger partial charge is 0.483 e. The molecule has 0 N–H and O–H groups in total. The molecule has 1 aliphatic heterocycles. The second kappa shape index (κ2) is 7.40. The Morgan fingerprint density at radius 2 is 2.07 bits per heavy atom. The van der Waals surface area contributed by atoms with Crippen LogP contribution in [0.4, 0.5) is 4.39 Å². The van der Waals surface area contributed by atoms with Crippen LogP contribution in [0.1, 0.15) is 24.0 Å². The van der Waals surface area contributed by atoms with Crippen LogP contribution in [0.3, 0.4) is 0 Å². The van der Waals surface area contributed by atoms with E-state index in [0.29, 0.717) is 33.9 Å². The summed E-state index contributed by atoms with van der Waals surface area (Å²) in [6.45, 7) is -0.254. The number of hydrazone groups is 1. The van der Waals surface area contributed by atoms with Crippen LogP contribution in [-0.2, 0) is 4.79 Å². The van der Waals surface area contributed by atoms with Gasteiger partial charge in [0.25, 0.3) is 5.91 Å². The van der Waals surface area contributed by atoms with E-state index in [1.165, 1.54) is 23.2 Å². The molecule has 1 aromatic carbocycles. The van der Waals surface area contributed by atoms with Crippen molar-refractivity contribution in [1.29, 1.82) is 0 Å². The number of furan rings is 2. The Morgan fingerprint density at radius 3 is 2.78 bits per heavy atom. The number of halogens is 2. The zero-order valence-corrected chi connectivity index (χ0v) is 15.6. The second-order valence-electron chi connectivity index (χ2n) is 5.86. The van der Waals surface area contributed by atoms with Gasteiger partial charge in [0.2, 0.25) is 0 Å². The Morgan fingerprint density at radius 1 is 1.26 bits per heavy atom. The molecule has 1 unspecified atom stereocenters. The van der Waals surface area contributed by atoms with Gasteiger partial charge in [0.05, 0.1) is 17.0 Å². The number of hydrogen-bond acceptors (Lipinski definition) is 5. The first-order chi connectivity index (χ1) is 13.1. The highest BCUT2D eigenvalue weighted by atomic mass is 79.9. The molecule has 0 fully saturated rings. The molecular formula is C19H14BrFN2O4. The summed E-state index contributed by atoms with van der Waals surface area (Å²) in [5.41, 5.74) is 0.651. The molecule has 0 bridgehead atoms. The summed E-state index contributed by atoms with van der Waals surface area (Å²) in [5, 5.41) is 5.75. The lowest BCUT2D eigenvalue weighted by Crippen LogP contribution is -2.31. The molecule has 0 saturated carbocycles. The lowest BCUT2D eigenvalue weighted by Gasteiger charge is -2.20. The van der Waals surface area contributed by atoms with Gasteiger partial charge in [0, 0.05) is 6.42 Å². The molecule has 1 atom stereocenters. The molecule has 0 aliphatic carbocycles. The SMILES string of the molecule is O=C(COc1ccc(F)cc1Br)N1N=C(c2ccco2)CC1c1ccco1. The first-order valence-electron chi connectivity index (χ1n) is 8.16. The van der Waals surface area contributed by atoms with Crippen molar-refractivity contribution in [2.45, 2.75) is 12.5 Å². The van der Waals surface area contributed by atoms with E-state index in [4.69, 9.17) is 13.6 Å². The molecule has 1 amide bonds. The van der Waals surface area contributed by atoms with E-state index >= 15 is 0 Å². The second-order valence-corrected chi connectivity index (χ2v) is 6.72. The lowest BCUT2D eigenvalue weighted by molar-refractivity contribution is -0.135. The van der Waals surface area contributed by atoms with Crippen LogP contribution < -0.4 is 4.74 Å². The molecule has 3 aromatic rings. The van der Waals surface area contributed by atoms with Gasteiger partial charge >= 0.3 is 0 Å². The minimum Gasteiger partial charge on any atom is -0.483 e. The molecule has 0 spiro atoms. The van der Waals surface area contributed by atoms with Crippen LogP contribution in [0, 0.1) is 5.82 Å². The fourth-order valence-corrected chi connectivity index (χ4v) is 3.30. The highest BCUT2D eigenvalue weighted by Crippen LogP contribution is 2.33. The molecule has 0 saturated heterocycles. The number of ether oxygens (including phenoxy) is 1. The average Bonchev–Trinajstić information content (AvgIpc) is 3.40. The zero-order chi connectivity index (χ0) is 18.8. The van der Waals surface area contributed by atoms with E-state index in [1.54, 1.807) is 36.8 Å². The van der Waals surface area contributed by atoms with Gasteiger partial charge in [0.1, 0.15) is 34.8 Å². The predicted octanol–water partition coefficient (Wildman–Crippen LogP) is 4.53. The molecular weight excluding hydrogens is 419 g/mol. The molecule has 3 heterocycles. The number of carbonyl (C=O) groups excluding carboxylic acids is 1. The monoisotopic (exact) mass is 432 g/mol. The van der Waals surface area contributed by atoms with Crippen LogP contribution in [0.2, 0.25) is 0 Å². The zero-order valence-electron chi connectivity index (χ0n) is 14.0. The van der Waals surface area contributed by atoms with Crippen molar-refractivity contribution in [3.63, 3.8) is 0 Å². The Balaban J connectivity index is 1.53. The normalized spacial score (nSPS) is 16.4. The van der Waals surface area contributed by atoms with Gasteiger partial charge in [-0.3, -0.25) is 4.79 Å². The third-order valence-electron chi connectivity index (χ3n) is 4.09. The van der Waals surface area contributed by atoms with Crippen molar-refractivity contribution in [3.8, 4) is 5.75 Å². The first kappa shape index (κ1) is 17.5. The van der Waals surface area contributed by atoms with Crippen LogP contribution in [0.15, 0.2) is 73.4 Å². The quantitative estimate of drug-likeness (QED) is 0.593. The Hall–Kier alpha value is -2.87. The standard InChI is InChI=1S/C19H14BrFN2O4/c20-13-9-12(21)5-6-16(13)27-11-19(24)23-15(18-4-2-8-26-18)10-14(22-23)17-3-1-7-25-17/h1-9,15H,10-11H2. The van der Waals surface area contributed by atoms with Crippen molar-refractivity contribution in [2.75, 3.05) is 6.61 Å². The molecule has 27 heavy (non-hydrogen) atoms. The number of nitrogens with zero attached hydrogens (tertiary/aromatic N) is 2. The number of benzene rings is 1. The third-order valence-corrected chi connectivity index (χ3v) is 4.71. The lowest BCUT2D eigenvalue weighted by atomic mass is 10.1. The van der Waals surface area contributed by atoms with Crippen molar-refractivity contribution in [3.05, 3.63) is 76.8 Å². The molecule has 1 aliphatic rings. The fourth-order valence-electron chi connectivity index (χ4n) is 2.83. The van der Waals surface area contributed by atoms with E-state index in [1.807, 2.05) is 0 Å². The number of hydrogen-bond donors (Lipinski definition) is 0. The van der Waals surface area contributed by atoms with Crippen LogP contribution >= 0.6 is 15.9 Å². The summed E-state index contributed by atoms with van der Waals surface area (Å²) in [7, 11) is 0. The van der Waals surface area contributed by atoms with Crippen LogP contribution in [0.25, 0.3) is 0 Å². The topological polar surface area (TPSA) is 68.2 Å². The predicted molar refractivity (Wildman–Crippen MR) is 97.8 cm³/mol. The van der Waals surface area contributed by atoms with Gasteiger partial charge in [0.15, 0.2) is 6.61 Å². The van der Waals surface area contributed by atoms with Gasteiger partial charge in [-0.15, -0.1) is 0 Å². The highest BCUT2D eigenvalue weighted by Gasteiger charge is 2.35.